The summed E-state index contributed by atoms with van der Waals surface area (Å²) in [5, 5.41) is 9.56. The molecule has 0 fully saturated rings. The fraction of sp³-hybridized carbons (Fsp3) is 0.400. The number of esters is 1. The zero-order valence-electron chi connectivity index (χ0n) is 9.24. The van der Waals surface area contributed by atoms with Gasteiger partial charge in [0, 0.05) is 0 Å². The molecule has 1 aromatic heterocycles. The number of alkyl halides is 2. The molecule has 0 unspecified atom stereocenters. The minimum absolute atomic E-state index is 0.0624. The fourth-order valence-corrected chi connectivity index (χ4v) is 1.15. The van der Waals surface area contributed by atoms with E-state index in [4.69, 9.17) is 0 Å². The van der Waals surface area contributed by atoms with Crippen molar-refractivity contribution in [3.8, 4) is 11.6 Å². The minimum Gasteiger partial charge on any atom is -0.502 e. The summed E-state index contributed by atoms with van der Waals surface area (Å²) in [5.74, 6) is -1.96. The van der Waals surface area contributed by atoms with Crippen molar-refractivity contribution in [3.05, 3.63) is 17.3 Å². The van der Waals surface area contributed by atoms with Gasteiger partial charge in [-0.2, -0.15) is 0 Å². The van der Waals surface area contributed by atoms with Gasteiger partial charge >= 0.3 is 5.97 Å². The summed E-state index contributed by atoms with van der Waals surface area (Å²) in [6, 6.07) is 0.778. The van der Waals surface area contributed by atoms with E-state index in [9.17, 15) is 18.7 Å². The number of carbonyl (C=O) groups is 1. The van der Waals surface area contributed by atoms with Crippen molar-refractivity contribution < 1.29 is 28.2 Å². The molecule has 0 saturated heterocycles. The van der Waals surface area contributed by atoms with E-state index in [2.05, 4.69) is 14.5 Å². The maximum atomic E-state index is 12.5. The van der Waals surface area contributed by atoms with Gasteiger partial charge in [0.2, 0.25) is 0 Å². The molecular weight excluding hydrogens is 236 g/mol. The van der Waals surface area contributed by atoms with Gasteiger partial charge in [0.1, 0.15) is 11.3 Å². The van der Waals surface area contributed by atoms with Crippen LogP contribution in [0.1, 0.15) is 29.4 Å². The quantitative estimate of drug-likeness (QED) is 0.823. The first-order valence-corrected chi connectivity index (χ1v) is 4.74. The summed E-state index contributed by atoms with van der Waals surface area (Å²) in [4.78, 5) is 14.8. The van der Waals surface area contributed by atoms with Crippen LogP contribution in [0.15, 0.2) is 6.07 Å². The summed E-state index contributed by atoms with van der Waals surface area (Å²) in [6.07, 6.45) is -2.88. The van der Waals surface area contributed by atoms with Gasteiger partial charge in [0.25, 0.3) is 12.3 Å². The summed E-state index contributed by atoms with van der Waals surface area (Å²) < 4.78 is 34.2. The Labute approximate surface area is 96.0 Å². The lowest BCUT2D eigenvalue weighted by atomic mass is 10.2. The molecule has 1 rings (SSSR count). The molecule has 7 heteroatoms. The van der Waals surface area contributed by atoms with Gasteiger partial charge in [-0.05, 0) is 13.0 Å². The van der Waals surface area contributed by atoms with E-state index < -0.39 is 35.3 Å². The predicted molar refractivity (Wildman–Crippen MR) is 53.4 cm³/mol. The van der Waals surface area contributed by atoms with Gasteiger partial charge in [-0.15, -0.1) is 0 Å². The van der Waals surface area contributed by atoms with Crippen LogP contribution in [0, 0.1) is 0 Å². The Hall–Kier alpha value is -1.92. The van der Waals surface area contributed by atoms with Crippen LogP contribution in [0.4, 0.5) is 8.78 Å². The first kappa shape index (κ1) is 13.1. The second-order valence-corrected chi connectivity index (χ2v) is 2.97. The van der Waals surface area contributed by atoms with Crippen LogP contribution in [0.25, 0.3) is 0 Å². The van der Waals surface area contributed by atoms with Crippen LogP contribution < -0.4 is 4.74 Å². The Morgan fingerprint density at radius 1 is 1.59 bits per heavy atom. The molecule has 0 bridgehead atoms. The highest BCUT2D eigenvalue weighted by Crippen LogP contribution is 2.32. The van der Waals surface area contributed by atoms with Crippen LogP contribution in [0.3, 0.4) is 0 Å². The highest BCUT2D eigenvalue weighted by molar-refractivity contribution is 5.93. The van der Waals surface area contributed by atoms with Gasteiger partial charge in [-0.25, -0.2) is 18.6 Å². The van der Waals surface area contributed by atoms with Crippen molar-refractivity contribution in [3.63, 3.8) is 0 Å². The number of rotatable bonds is 4. The van der Waals surface area contributed by atoms with Crippen LogP contribution in [-0.2, 0) is 4.74 Å². The molecule has 1 aromatic rings. The lowest BCUT2D eigenvalue weighted by Crippen LogP contribution is -2.08. The third-order valence-corrected chi connectivity index (χ3v) is 1.89. The fourth-order valence-electron chi connectivity index (χ4n) is 1.15. The van der Waals surface area contributed by atoms with E-state index in [1.54, 1.807) is 6.92 Å². The van der Waals surface area contributed by atoms with E-state index in [-0.39, 0.29) is 6.61 Å². The summed E-state index contributed by atoms with van der Waals surface area (Å²) in [5.41, 5.74) is -1.06. The average Bonchev–Trinajstić information content (AvgIpc) is 2.29. The first-order chi connectivity index (χ1) is 8.01. The number of aromatic nitrogens is 1. The number of nitrogens with zero attached hydrogens (tertiary/aromatic N) is 1. The van der Waals surface area contributed by atoms with Crippen molar-refractivity contribution in [2.24, 2.45) is 0 Å². The van der Waals surface area contributed by atoms with Gasteiger partial charge in [-0.3, -0.25) is 0 Å². The van der Waals surface area contributed by atoms with Crippen molar-refractivity contribution in [1.29, 1.82) is 0 Å². The topological polar surface area (TPSA) is 68.7 Å². The molecule has 1 N–H and O–H groups in total. The van der Waals surface area contributed by atoms with Gasteiger partial charge in [0.05, 0.1) is 13.7 Å². The maximum absolute atomic E-state index is 12.5. The van der Waals surface area contributed by atoms with E-state index in [1.165, 1.54) is 0 Å². The maximum Gasteiger partial charge on any atom is 0.342 e. The third-order valence-electron chi connectivity index (χ3n) is 1.89. The van der Waals surface area contributed by atoms with Gasteiger partial charge in [0.15, 0.2) is 5.75 Å². The van der Waals surface area contributed by atoms with E-state index in [1.807, 2.05) is 0 Å². The van der Waals surface area contributed by atoms with Crippen molar-refractivity contribution in [2.75, 3.05) is 13.7 Å². The molecule has 0 aliphatic heterocycles. The highest BCUT2D eigenvalue weighted by Gasteiger charge is 2.22. The summed E-state index contributed by atoms with van der Waals surface area (Å²) in [7, 11) is 1.15. The third kappa shape index (κ3) is 2.80. The molecule has 0 atom stereocenters. The number of ether oxygens (including phenoxy) is 2. The van der Waals surface area contributed by atoms with Crippen LogP contribution in [0.2, 0.25) is 0 Å². The summed E-state index contributed by atoms with van der Waals surface area (Å²) >= 11 is 0. The van der Waals surface area contributed by atoms with Crippen molar-refractivity contribution in [2.45, 2.75) is 13.3 Å². The number of aromatic hydroxyl groups is 1. The number of hydrogen-bond donors (Lipinski definition) is 1. The molecule has 1 heterocycles. The number of carbonyl (C=O) groups excluding carboxylic acids is 1. The first-order valence-electron chi connectivity index (χ1n) is 4.74. The molecule has 0 amide bonds. The highest BCUT2D eigenvalue weighted by atomic mass is 19.3. The van der Waals surface area contributed by atoms with Gasteiger partial charge < -0.3 is 14.6 Å². The zero-order valence-corrected chi connectivity index (χ0v) is 9.24. The molecule has 0 saturated carbocycles. The molecule has 94 valence electrons. The van der Waals surface area contributed by atoms with E-state index in [0.717, 1.165) is 13.2 Å². The summed E-state index contributed by atoms with van der Waals surface area (Å²) in [6.45, 7) is 1.62. The van der Waals surface area contributed by atoms with Crippen molar-refractivity contribution in [1.82, 2.24) is 4.98 Å². The van der Waals surface area contributed by atoms with Crippen LogP contribution in [-0.4, -0.2) is 29.8 Å². The molecule has 0 spiro atoms. The number of methoxy groups -OCH3 is 1. The zero-order chi connectivity index (χ0) is 13.0. The molecule has 0 aliphatic rings. The predicted octanol–water partition coefficient (Wildman–Crippen LogP) is 1.91. The SMILES string of the molecule is CCOC(=O)c1cc(C(F)F)nc(OC)c1O. The Kier molecular flexibility index (Phi) is 4.19. The number of hydrogen-bond acceptors (Lipinski definition) is 5. The molecule has 0 radical (unpaired) electrons. The smallest absolute Gasteiger partial charge is 0.342 e. The van der Waals surface area contributed by atoms with Gasteiger partial charge in [-0.1, -0.05) is 0 Å². The second-order valence-electron chi connectivity index (χ2n) is 2.97. The average molecular weight is 247 g/mol. The lowest BCUT2D eigenvalue weighted by Gasteiger charge is -2.09. The number of pyridine rings is 1. The van der Waals surface area contributed by atoms with Crippen LogP contribution >= 0.6 is 0 Å². The Morgan fingerprint density at radius 2 is 2.24 bits per heavy atom. The monoisotopic (exact) mass is 247 g/mol. The Morgan fingerprint density at radius 3 is 2.71 bits per heavy atom. The molecule has 17 heavy (non-hydrogen) atoms. The Balaban J connectivity index is 3.27. The van der Waals surface area contributed by atoms with E-state index in [0.29, 0.717) is 0 Å². The molecular formula is C10H11F2NO4. The number of halogens is 2. The standard InChI is InChI=1S/C10H11F2NO4/c1-3-17-10(15)5-4-6(8(11)12)13-9(16-2)7(5)14/h4,8,14H,3H2,1-2H3. The molecule has 0 aliphatic carbocycles. The minimum atomic E-state index is -2.88. The Bertz CT molecular complexity index is 423. The molecule has 0 aromatic carbocycles. The lowest BCUT2D eigenvalue weighted by molar-refractivity contribution is 0.0521. The van der Waals surface area contributed by atoms with Crippen molar-refractivity contribution >= 4 is 5.97 Å². The van der Waals surface area contributed by atoms with Crippen LogP contribution in [0.5, 0.6) is 11.6 Å². The second kappa shape index (κ2) is 5.42. The van der Waals surface area contributed by atoms with E-state index >= 15 is 0 Å². The normalized spacial score (nSPS) is 10.4. The largest absolute Gasteiger partial charge is 0.502 e. The molecule has 5 nitrogen and oxygen atoms in total.